The molecule has 4 N–H and O–H groups in total. The lowest BCUT2D eigenvalue weighted by Gasteiger charge is -2.11. The van der Waals surface area contributed by atoms with E-state index in [1.54, 1.807) is 7.05 Å². The third-order valence-electron chi connectivity index (χ3n) is 2.25. The summed E-state index contributed by atoms with van der Waals surface area (Å²) in [6, 6.07) is 0. The number of hydrazone groups is 2. The van der Waals surface area contributed by atoms with Crippen LogP contribution in [0.5, 0.6) is 0 Å². The monoisotopic (exact) mass is 317 g/mol. The van der Waals surface area contributed by atoms with E-state index in [-0.39, 0.29) is 0 Å². The Kier molecular flexibility index (Phi) is 9.77. The van der Waals surface area contributed by atoms with Gasteiger partial charge in [0.1, 0.15) is 0 Å². The molecular weight excluding hydrogens is 294 g/mol. The van der Waals surface area contributed by atoms with Gasteiger partial charge < -0.3 is 15.5 Å². The van der Waals surface area contributed by atoms with E-state index in [0.29, 0.717) is 21.6 Å². The molecule has 0 aliphatic rings. The van der Waals surface area contributed by atoms with Crippen LogP contribution in [-0.4, -0.2) is 60.8 Å². The van der Waals surface area contributed by atoms with Crippen LogP contribution in [0.1, 0.15) is 13.8 Å². The normalized spacial score (nSPS) is 12.1. The number of nitrogens with one attached hydrogen (secondary N) is 4. The maximum absolute atomic E-state index is 5.10. The molecule has 0 heterocycles. The van der Waals surface area contributed by atoms with Gasteiger partial charge in [-0.1, -0.05) is 0 Å². The first kappa shape index (κ1) is 18.7. The quantitative estimate of drug-likeness (QED) is 0.309. The molecule has 0 spiro atoms. The van der Waals surface area contributed by atoms with Crippen LogP contribution in [0.25, 0.3) is 0 Å². The summed E-state index contributed by atoms with van der Waals surface area (Å²) in [5.41, 5.74) is 6.89. The second kappa shape index (κ2) is 10.5. The first-order valence-corrected chi connectivity index (χ1v) is 6.93. The molecule has 0 rings (SSSR count). The summed E-state index contributed by atoms with van der Waals surface area (Å²) in [5.74, 6) is 0. The zero-order chi connectivity index (χ0) is 15.5. The number of hydrogen-bond donors (Lipinski definition) is 4. The van der Waals surface area contributed by atoms with Crippen molar-refractivity contribution in [2.75, 3.05) is 34.2 Å². The van der Waals surface area contributed by atoms with E-state index in [0.717, 1.165) is 13.1 Å². The van der Waals surface area contributed by atoms with Gasteiger partial charge in [0.2, 0.25) is 0 Å². The van der Waals surface area contributed by atoms with Crippen LogP contribution in [-0.2, 0) is 0 Å². The van der Waals surface area contributed by atoms with Crippen molar-refractivity contribution in [2.45, 2.75) is 13.8 Å². The van der Waals surface area contributed by atoms with Crippen molar-refractivity contribution >= 4 is 46.1 Å². The van der Waals surface area contributed by atoms with Crippen molar-refractivity contribution in [3.8, 4) is 0 Å². The van der Waals surface area contributed by atoms with Crippen LogP contribution in [0.2, 0.25) is 0 Å². The molecule has 0 aromatic rings. The van der Waals surface area contributed by atoms with Gasteiger partial charge in [-0.2, -0.15) is 10.2 Å². The molecule has 0 radical (unpaired) electrons. The van der Waals surface area contributed by atoms with Crippen molar-refractivity contribution in [1.82, 2.24) is 26.4 Å². The molecule has 0 unspecified atom stereocenters. The molecule has 0 aliphatic carbocycles. The fraction of sp³-hybridized carbons (Fsp3) is 0.636. The van der Waals surface area contributed by atoms with E-state index < -0.39 is 0 Å². The second-order valence-electron chi connectivity index (χ2n) is 4.26. The highest BCUT2D eigenvalue weighted by Gasteiger charge is 1.99. The zero-order valence-electron chi connectivity index (χ0n) is 12.6. The fourth-order valence-corrected chi connectivity index (χ4v) is 1.11. The Morgan fingerprint density at radius 2 is 1.50 bits per heavy atom. The van der Waals surface area contributed by atoms with Crippen LogP contribution < -0.4 is 21.5 Å². The minimum absolute atomic E-state index is 0.450. The number of hydrogen-bond acceptors (Lipinski definition) is 5. The van der Waals surface area contributed by atoms with Crippen molar-refractivity contribution in [2.24, 2.45) is 10.2 Å². The van der Waals surface area contributed by atoms with Gasteiger partial charge in [0.15, 0.2) is 10.2 Å². The van der Waals surface area contributed by atoms with Crippen LogP contribution in [0, 0.1) is 0 Å². The number of nitrogens with zero attached hydrogens (tertiary/aromatic N) is 3. The lowest BCUT2D eigenvalue weighted by Crippen LogP contribution is -2.37. The highest BCUT2D eigenvalue weighted by Crippen LogP contribution is 1.82. The predicted molar refractivity (Wildman–Crippen MR) is 93.3 cm³/mol. The van der Waals surface area contributed by atoms with E-state index in [1.807, 2.05) is 27.9 Å². The van der Waals surface area contributed by atoms with Crippen molar-refractivity contribution in [3.63, 3.8) is 0 Å². The van der Waals surface area contributed by atoms with Crippen LogP contribution >= 0.6 is 24.4 Å². The molecule has 0 fully saturated rings. The van der Waals surface area contributed by atoms with Gasteiger partial charge in [-0.3, -0.25) is 10.9 Å². The highest BCUT2D eigenvalue weighted by atomic mass is 32.1. The van der Waals surface area contributed by atoms with Gasteiger partial charge in [0.05, 0.1) is 11.4 Å². The van der Waals surface area contributed by atoms with Gasteiger partial charge in [0, 0.05) is 20.1 Å². The molecule has 20 heavy (non-hydrogen) atoms. The molecule has 7 nitrogen and oxygen atoms in total. The Balaban J connectivity index is 4.16. The average Bonchev–Trinajstić information content (AvgIpc) is 2.41. The maximum Gasteiger partial charge on any atom is 0.187 e. The van der Waals surface area contributed by atoms with Gasteiger partial charge in [0.25, 0.3) is 0 Å². The Hall–Kier alpha value is -1.32. The number of rotatable bonds is 6. The number of likely N-dealkylation sites (N-methyl/N-ethyl adjacent to an activating group) is 1. The minimum atomic E-state index is 0.450. The van der Waals surface area contributed by atoms with Crippen molar-refractivity contribution < 1.29 is 0 Å². The summed E-state index contributed by atoms with van der Waals surface area (Å²) >= 11 is 10.0. The predicted octanol–water partition coefficient (Wildman–Crippen LogP) is -0.142. The fourth-order valence-electron chi connectivity index (χ4n) is 0.920. The summed E-state index contributed by atoms with van der Waals surface area (Å²) in [6.45, 7) is 5.32. The molecule has 114 valence electrons. The van der Waals surface area contributed by atoms with Gasteiger partial charge >= 0.3 is 0 Å². The number of thiocarbonyl (C=S) groups is 2. The molecule has 0 saturated carbocycles. The largest absolute Gasteiger partial charge is 0.364 e. The molecule has 0 amide bonds. The Bertz CT molecular complexity index is 390. The molecule has 0 aromatic heterocycles. The molecule has 0 atom stereocenters. The summed E-state index contributed by atoms with van der Waals surface area (Å²) < 4.78 is 0. The average molecular weight is 317 g/mol. The van der Waals surface area contributed by atoms with Gasteiger partial charge in [-0.25, -0.2) is 0 Å². The van der Waals surface area contributed by atoms with E-state index in [9.17, 15) is 0 Å². The van der Waals surface area contributed by atoms with E-state index in [1.165, 1.54) is 0 Å². The molecule has 0 aromatic carbocycles. The summed E-state index contributed by atoms with van der Waals surface area (Å²) in [5, 5.41) is 15.0. The van der Waals surface area contributed by atoms with Crippen molar-refractivity contribution in [1.29, 1.82) is 0 Å². The summed E-state index contributed by atoms with van der Waals surface area (Å²) in [7, 11) is 5.73. The zero-order valence-corrected chi connectivity index (χ0v) is 14.2. The van der Waals surface area contributed by atoms with Crippen molar-refractivity contribution in [3.05, 3.63) is 0 Å². The van der Waals surface area contributed by atoms with Gasteiger partial charge in [-0.15, -0.1) is 0 Å². The first-order chi connectivity index (χ1) is 9.36. The molecule has 0 bridgehead atoms. The molecule has 0 aliphatic heterocycles. The lowest BCUT2D eigenvalue weighted by molar-refractivity contribution is 0.412. The lowest BCUT2D eigenvalue weighted by atomic mass is 10.3. The molecule has 9 heteroatoms. The Morgan fingerprint density at radius 1 is 1.00 bits per heavy atom. The molecular formula is C11H23N7S2. The summed E-state index contributed by atoms with van der Waals surface area (Å²) in [4.78, 5) is 2.07. The van der Waals surface area contributed by atoms with Crippen LogP contribution in [0.15, 0.2) is 10.2 Å². The standard InChI is InChI=1S/C11H23N7S2/c1-8(14-16-10(19)12-3)9(2)15-17-11(20)13-6-7-18(4)5/h6-7H2,1-5H3,(H2,12,16,19)(H2,13,17,20). The highest BCUT2D eigenvalue weighted by molar-refractivity contribution is 7.80. The van der Waals surface area contributed by atoms with E-state index in [2.05, 4.69) is 36.6 Å². The minimum Gasteiger partial charge on any atom is -0.364 e. The Labute approximate surface area is 131 Å². The maximum atomic E-state index is 5.10. The summed E-state index contributed by atoms with van der Waals surface area (Å²) in [6.07, 6.45) is 0. The van der Waals surface area contributed by atoms with Crippen LogP contribution in [0.4, 0.5) is 0 Å². The molecule has 0 saturated heterocycles. The SMILES string of the molecule is CNC(=S)NN=C(C)C(C)=NNC(=S)NCCN(C)C. The van der Waals surface area contributed by atoms with E-state index in [4.69, 9.17) is 24.4 Å². The topological polar surface area (TPSA) is 76.1 Å². The smallest absolute Gasteiger partial charge is 0.187 e. The van der Waals surface area contributed by atoms with Crippen LogP contribution in [0.3, 0.4) is 0 Å². The third kappa shape index (κ3) is 9.59. The van der Waals surface area contributed by atoms with Gasteiger partial charge in [-0.05, 0) is 52.4 Å². The Morgan fingerprint density at radius 3 is 1.95 bits per heavy atom. The third-order valence-corrected chi connectivity index (χ3v) is 2.78. The first-order valence-electron chi connectivity index (χ1n) is 6.12. The van der Waals surface area contributed by atoms with E-state index >= 15 is 0 Å². The second-order valence-corrected chi connectivity index (χ2v) is 5.07.